The Labute approximate surface area is 193 Å². The summed E-state index contributed by atoms with van der Waals surface area (Å²) in [6, 6.07) is 7.92. The number of piperidine rings is 1. The number of thiazole rings is 1. The zero-order chi connectivity index (χ0) is 22.9. The van der Waals surface area contributed by atoms with E-state index in [1.807, 2.05) is 0 Å². The lowest BCUT2D eigenvalue weighted by Gasteiger charge is -2.32. The highest BCUT2D eigenvalue weighted by atomic mass is 32.1. The molecule has 2 aliphatic heterocycles. The average Bonchev–Trinajstić information content (AvgIpc) is 3.59. The van der Waals surface area contributed by atoms with Crippen LogP contribution >= 0.6 is 11.3 Å². The number of carbonyl (C=O) groups excluding carboxylic acids is 4. The van der Waals surface area contributed by atoms with E-state index in [1.165, 1.54) is 29.7 Å². The molecule has 1 fully saturated rings. The van der Waals surface area contributed by atoms with Gasteiger partial charge in [-0.3, -0.25) is 24.1 Å². The van der Waals surface area contributed by atoms with Gasteiger partial charge in [0.15, 0.2) is 5.13 Å². The van der Waals surface area contributed by atoms with Crippen molar-refractivity contribution in [2.75, 3.05) is 18.4 Å². The molecular formula is C23H20N4O5S. The van der Waals surface area contributed by atoms with Crippen molar-refractivity contribution in [2.24, 2.45) is 5.92 Å². The zero-order valence-electron chi connectivity index (χ0n) is 17.5. The van der Waals surface area contributed by atoms with Crippen LogP contribution in [0.3, 0.4) is 0 Å². The summed E-state index contributed by atoms with van der Waals surface area (Å²) in [5.41, 5.74) is 0.783. The lowest BCUT2D eigenvalue weighted by Crippen LogP contribution is -2.43. The fraction of sp³-hybridized carbons (Fsp3) is 0.261. The van der Waals surface area contributed by atoms with Gasteiger partial charge in [-0.1, -0.05) is 0 Å². The van der Waals surface area contributed by atoms with Gasteiger partial charge in [0.1, 0.15) is 5.76 Å². The van der Waals surface area contributed by atoms with E-state index in [0.29, 0.717) is 35.8 Å². The summed E-state index contributed by atoms with van der Waals surface area (Å²) in [5, 5.41) is 5.11. The summed E-state index contributed by atoms with van der Waals surface area (Å²) in [7, 11) is 0. The van der Waals surface area contributed by atoms with Crippen molar-refractivity contribution < 1.29 is 23.6 Å². The molecule has 1 unspecified atom stereocenters. The summed E-state index contributed by atoms with van der Waals surface area (Å²) < 4.78 is 5.25. The number of rotatable bonds is 5. The van der Waals surface area contributed by atoms with E-state index < -0.39 is 11.8 Å². The molecule has 1 saturated heterocycles. The number of carbonyl (C=O) groups is 4. The molecule has 0 radical (unpaired) electrons. The van der Waals surface area contributed by atoms with Crippen LogP contribution < -0.4 is 5.32 Å². The molecule has 1 N–H and O–H groups in total. The quantitative estimate of drug-likeness (QED) is 0.581. The summed E-state index contributed by atoms with van der Waals surface area (Å²) >= 11 is 1.34. The maximum Gasteiger partial charge on any atom is 0.261 e. The molecule has 4 heterocycles. The van der Waals surface area contributed by atoms with Crippen molar-refractivity contribution in [1.82, 2.24) is 14.8 Å². The predicted molar refractivity (Wildman–Crippen MR) is 119 cm³/mol. The first kappa shape index (κ1) is 21.1. The zero-order valence-corrected chi connectivity index (χ0v) is 18.3. The number of likely N-dealkylation sites (tertiary alicyclic amines) is 1. The molecule has 0 spiro atoms. The van der Waals surface area contributed by atoms with Crippen LogP contribution in [0.4, 0.5) is 5.13 Å². The molecule has 1 aromatic carbocycles. The number of aromatic nitrogens is 1. The van der Waals surface area contributed by atoms with Gasteiger partial charge in [0.2, 0.25) is 5.91 Å². The van der Waals surface area contributed by atoms with Gasteiger partial charge in [0, 0.05) is 30.2 Å². The van der Waals surface area contributed by atoms with Crippen molar-refractivity contribution in [2.45, 2.75) is 19.4 Å². The number of amides is 4. The number of anilines is 1. The van der Waals surface area contributed by atoms with E-state index in [-0.39, 0.29) is 41.9 Å². The minimum atomic E-state index is -0.458. The van der Waals surface area contributed by atoms with Crippen LogP contribution in [-0.2, 0) is 11.3 Å². The number of benzene rings is 1. The molecule has 1 atom stereocenters. The van der Waals surface area contributed by atoms with E-state index >= 15 is 0 Å². The monoisotopic (exact) mass is 464 g/mol. The van der Waals surface area contributed by atoms with Crippen LogP contribution in [0.25, 0.3) is 0 Å². The molecule has 33 heavy (non-hydrogen) atoms. The van der Waals surface area contributed by atoms with E-state index in [0.717, 1.165) is 4.90 Å². The van der Waals surface area contributed by atoms with Crippen LogP contribution in [0.15, 0.2) is 52.6 Å². The van der Waals surface area contributed by atoms with E-state index in [4.69, 9.17) is 4.42 Å². The molecule has 168 valence electrons. The molecule has 9 nitrogen and oxygen atoms in total. The number of fused-ring (bicyclic) bond motifs is 1. The third-order valence-corrected chi connectivity index (χ3v) is 6.54. The van der Waals surface area contributed by atoms with Crippen LogP contribution in [0.5, 0.6) is 0 Å². The Morgan fingerprint density at radius 1 is 1.18 bits per heavy atom. The molecule has 2 aliphatic rings. The molecule has 0 bridgehead atoms. The lowest BCUT2D eigenvalue weighted by molar-refractivity contribution is -0.121. The predicted octanol–water partition coefficient (Wildman–Crippen LogP) is 3.02. The van der Waals surface area contributed by atoms with E-state index in [9.17, 15) is 19.2 Å². The van der Waals surface area contributed by atoms with Crippen LogP contribution in [0, 0.1) is 5.92 Å². The Morgan fingerprint density at radius 2 is 2.03 bits per heavy atom. The molecule has 4 amide bonds. The number of nitrogens with zero attached hydrogens (tertiary/aromatic N) is 3. The fourth-order valence-corrected chi connectivity index (χ4v) is 4.71. The third kappa shape index (κ3) is 4.05. The van der Waals surface area contributed by atoms with Gasteiger partial charge in [-0.15, -0.1) is 11.3 Å². The van der Waals surface area contributed by atoms with Crippen LogP contribution in [0.2, 0.25) is 0 Å². The second-order valence-corrected chi connectivity index (χ2v) is 8.85. The smallest absolute Gasteiger partial charge is 0.261 e. The van der Waals surface area contributed by atoms with Gasteiger partial charge in [-0.05, 0) is 43.2 Å². The Kier molecular flexibility index (Phi) is 5.51. The second-order valence-electron chi connectivity index (χ2n) is 7.95. The summed E-state index contributed by atoms with van der Waals surface area (Å²) in [6.07, 6.45) is 4.47. The van der Waals surface area contributed by atoms with Crippen molar-refractivity contribution in [3.8, 4) is 0 Å². The largest absolute Gasteiger partial charge is 0.467 e. The number of imide groups is 1. The Hall–Kier alpha value is -3.79. The first-order chi connectivity index (χ1) is 16.0. The number of furan rings is 1. The topological polar surface area (TPSA) is 113 Å². The molecular weight excluding hydrogens is 444 g/mol. The molecule has 0 saturated carbocycles. The molecule has 10 heteroatoms. The van der Waals surface area contributed by atoms with Gasteiger partial charge < -0.3 is 14.6 Å². The molecule has 2 aromatic heterocycles. The third-order valence-electron chi connectivity index (χ3n) is 5.85. The van der Waals surface area contributed by atoms with Crippen LogP contribution in [-0.4, -0.2) is 51.5 Å². The van der Waals surface area contributed by atoms with Gasteiger partial charge in [-0.2, -0.15) is 0 Å². The average molecular weight is 465 g/mol. The maximum atomic E-state index is 13.2. The second kappa shape index (κ2) is 8.62. The van der Waals surface area contributed by atoms with Gasteiger partial charge >= 0.3 is 0 Å². The summed E-state index contributed by atoms with van der Waals surface area (Å²) in [6.45, 7) is 0.837. The van der Waals surface area contributed by atoms with E-state index in [1.54, 1.807) is 34.7 Å². The minimum Gasteiger partial charge on any atom is -0.467 e. The summed E-state index contributed by atoms with van der Waals surface area (Å²) in [4.78, 5) is 58.1. The number of hydrogen-bond acceptors (Lipinski definition) is 7. The van der Waals surface area contributed by atoms with Crippen molar-refractivity contribution in [3.05, 3.63) is 70.6 Å². The Morgan fingerprint density at radius 3 is 2.79 bits per heavy atom. The highest BCUT2D eigenvalue weighted by Gasteiger charge is 2.37. The number of hydrogen-bond donors (Lipinski definition) is 1. The van der Waals surface area contributed by atoms with Crippen molar-refractivity contribution in [3.63, 3.8) is 0 Å². The standard InChI is InChI=1S/C23H20N4O5S/c28-19(25-23-24-7-10-33-23)15-3-1-8-26(12-15)20(29)14-5-6-17-18(11-14)22(31)27(21(17)30)13-16-4-2-9-32-16/h2,4-7,9-11,15H,1,3,8,12-13H2,(H,24,25,28). The normalized spacial score (nSPS) is 17.9. The van der Waals surface area contributed by atoms with E-state index in [2.05, 4.69) is 10.3 Å². The number of nitrogens with one attached hydrogen (secondary N) is 1. The van der Waals surface area contributed by atoms with Gasteiger partial charge in [-0.25, -0.2) is 4.98 Å². The van der Waals surface area contributed by atoms with Gasteiger partial charge in [0.05, 0.1) is 29.9 Å². The van der Waals surface area contributed by atoms with Crippen molar-refractivity contribution >= 4 is 40.1 Å². The molecule has 0 aliphatic carbocycles. The minimum absolute atomic E-state index is 0.0324. The van der Waals surface area contributed by atoms with Gasteiger partial charge in [0.25, 0.3) is 17.7 Å². The highest BCUT2D eigenvalue weighted by molar-refractivity contribution is 7.13. The molecule has 3 aromatic rings. The first-order valence-electron chi connectivity index (χ1n) is 10.5. The highest BCUT2D eigenvalue weighted by Crippen LogP contribution is 2.27. The summed E-state index contributed by atoms with van der Waals surface area (Å²) in [5.74, 6) is -1.15. The Balaban J connectivity index is 1.30. The molecule has 5 rings (SSSR count). The maximum absolute atomic E-state index is 13.2. The SMILES string of the molecule is O=C(Nc1nccs1)C1CCCN(C(=O)c2ccc3c(c2)C(=O)N(Cc2ccco2)C3=O)C1. The fourth-order valence-electron chi connectivity index (χ4n) is 4.18. The lowest BCUT2D eigenvalue weighted by atomic mass is 9.96. The van der Waals surface area contributed by atoms with Crippen molar-refractivity contribution in [1.29, 1.82) is 0 Å². The Bertz CT molecular complexity index is 1220. The van der Waals surface area contributed by atoms with Crippen LogP contribution in [0.1, 0.15) is 49.7 Å². The first-order valence-corrected chi connectivity index (χ1v) is 11.4.